The maximum Gasteiger partial charge on any atom is 0.248 e. The van der Waals surface area contributed by atoms with E-state index in [2.05, 4.69) is 10.3 Å². The van der Waals surface area contributed by atoms with Gasteiger partial charge in [-0.25, -0.2) is 0 Å². The molecular weight excluding hydrogens is 319 g/mol. The summed E-state index contributed by atoms with van der Waals surface area (Å²) in [6.45, 7) is 0. The van der Waals surface area contributed by atoms with Crippen LogP contribution in [0.2, 0.25) is 10.0 Å². The van der Waals surface area contributed by atoms with E-state index in [1.54, 1.807) is 24.4 Å². The highest BCUT2D eigenvalue weighted by atomic mass is 35.5. The van der Waals surface area contributed by atoms with Crippen molar-refractivity contribution >= 4 is 51.8 Å². The van der Waals surface area contributed by atoms with Gasteiger partial charge in [-0.1, -0.05) is 41.4 Å². The van der Waals surface area contributed by atoms with E-state index in [0.29, 0.717) is 10.0 Å². The van der Waals surface area contributed by atoms with Crippen LogP contribution in [0, 0.1) is 0 Å². The first kappa shape index (κ1) is 14.7. The summed E-state index contributed by atoms with van der Waals surface area (Å²) >= 11 is 12.2. The molecule has 0 spiro atoms. The Kier molecular flexibility index (Phi) is 4.18. The summed E-state index contributed by atoms with van der Waals surface area (Å²) in [6, 6.07) is 12.8. The molecule has 0 saturated carbocycles. The van der Waals surface area contributed by atoms with Crippen LogP contribution < -0.4 is 5.32 Å². The highest BCUT2D eigenvalue weighted by Gasteiger charge is 2.07. The summed E-state index contributed by atoms with van der Waals surface area (Å²) in [6.07, 6.45) is 4.98. The summed E-state index contributed by atoms with van der Waals surface area (Å²) in [7, 11) is 0. The van der Waals surface area contributed by atoms with Gasteiger partial charge in [0.1, 0.15) is 0 Å². The van der Waals surface area contributed by atoms with Gasteiger partial charge in [-0.05, 0) is 30.3 Å². The van der Waals surface area contributed by atoms with Crippen molar-refractivity contribution in [2.45, 2.75) is 0 Å². The predicted molar refractivity (Wildman–Crippen MR) is 92.4 cm³/mol. The lowest BCUT2D eigenvalue weighted by Crippen LogP contribution is -2.07. The minimum Gasteiger partial charge on any atom is -0.360 e. The van der Waals surface area contributed by atoms with E-state index >= 15 is 0 Å². The number of aromatic amines is 1. The molecule has 0 aliphatic heterocycles. The second kappa shape index (κ2) is 6.26. The van der Waals surface area contributed by atoms with Crippen molar-refractivity contribution in [3.05, 3.63) is 70.3 Å². The first-order valence-corrected chi connectivity index (χ1v) is 7.39. The number of anilines is 1. The molecule has 5 heteroatoms. The van der Waals surface area contributed by atoms with Crippen molar-refractivity contribution in [3.8, 4) is 0 Å². The van der Waals surface area contributed by atoms with Crippen molar-refractivity contribution in [1.82, 2.24) is 4.98 Å². The van der Waals surface area contributed by atoms with Gasteiger partial charge in [-0.15, -0.1) is 0 Å². The Morgan fingerprint density at radius 1 is 1.14 bits per heavy atom. The number of carbonyl (C=O) groups excluding carboxylic acids is 1. The lowest BCUT2D eigenvalue weighted by Gasteiger charge is -2.01. The van der Waals surface area contributed by atoms with Gasteiger partial charge in [-0.2, -0.15) is 0 Å². The summed E-state index contributed by atoms with van der Waals surface area (Å²) in [5.74, 6) is -0.203. The van der Waals surface area contributed by atoms with Gasteiger partial charge < -0.3 is 10.3 Å². The molecule has 0 atom stereocenters. The van der Waals surface area contributed by atoms with Crippen LogP contribution in [0.15, 0.2) is 54.7 Å². The molecule has 3 rings (SSSR count). The van der Waals surface area contributed by atoms with Crippen molar-refractivity contribution in [2.75, 3.05) is 5.32 Å². The van der Waals surface area contributed by atoms with Crippen molar-refractivity contribution in [1.29, 1.82) is 0 Å². The van der Waals surface area contributed by atoms with E-state index in [1.807, 2.05) is 30.3 Å². The molecule has 0 bridgehead atoms. The fourth-order valence-electron chi connectivity index (χ4n) is 2.21. The van der Waals surface area contributed by atoms with E-state index in [9.17, 15) is 4.79 Å². The second-order valence-electron chi connectivity index (χ2n) is 4.74. The van der Waals surface area contributed by atoms with Gasteiger partial charge >= 0.3 is 0 Å². The van der Waals surface area contributed by atoms with E-state index < -0.39 is 0 Å². The summed E-state index contributed by atoms with van der Waals surface area (Å²) < 4.78 is 0. The number of rotatable bonds is 3. The molecule has 0 fully saturated rings. The standard InChI is InChI=1S/C17H12Cl2N2O/c18-12-8-14(19)17-11(10-20-15(17)9-12)6-7-16(22)21-13-4-2-1-3-5-13/h1-10,20H,(H,21,22). The number of hydrogen-bond donors (Lipinski definition) is 2. The number of fused-ring (bicyclic) bond motifs is 1. The van der Waals surface area contributed by atoms with Crippen LogP contribution in [0.1, 0.15) is 5.56 Å². The average Bonchev–Trinajstić information content (AvgIpc) is 2.89. The lowest BCUT2D eigenvalue weighted by atomic mass is 10.1. The zero-order valence-corrected chi connectivity index (χ0v) is 12.9. The molecule has 1 amide bonds. The van der Waals surface area contributed by atoms with Crippen LogP contribution >= 0.6 is 23.2 Å². The highest BCUT2D eigenvalue weighted by molar-refractivity contribution is 6.39. The number of halogens is 2. The number of nitrogens with one attached hydrogen (secondary N) is 2. The molecule has 22 heavy (non-hydrogen) atoms. The Hall–Kier alpha value is -2.23. The fourth-order valence-corrected chi connectivity index (χ4v) is 2.81. The number of H-pyrrole nitrogens is 1. The first-order chi connectivity index (χ1) is 10.6. The topological polar surface area (TPSA) is 44.9 Å². The van der Waals surface area contributed by atoms with Gasteiger partial charge in [0.2, 0.25) is 5.91 Å². The molecule has 1 heterocycles. The van der Waals surface area contributed by atoms with E-state index in [0.717, 1.165) is 22.2 Å². The van der Waals surface area contributed by atoms with Crippen LogP contribution in [-0.4, -0.2) is 10.9 Å². The zero-order chi connectivity index (χ0) is 15.5. The van der Waals surface area contributed by atoms with Gasteiger partial charge in [0, 0.05) is 39.4 Å². The van der Waals surface area contributed by atoms with E-state index in [1.165, 1.54) is 6.08 Å². The van der Waals surface area contributed by atoms with Crippen molar-refractivity contribution in [3.63, 3.8) is 0 Å². The molecule has 0 aliphatic rings. The third-order valence-electron chi connectivity index (χ3n) is 3.18. The Bertz CT molecular complexity index is 854. The largest absolute Gasteiger partial charge is 0.360 e. The second-order valence-corrected chi connectivity index (χ2v) is 5.59. The number of amides is 1. The average molecular weight is 331 g/mol. The molecule has 3 aromatic rings. The van der Waals surface area contributed by atoms with Gasteiger partial charge in [-0.3, -0.25) is 4.79 Å². The van der Waals surface area contributed by atoms with Crippen LogP contribution in [0.4, 0.5) is 5.69 Å². The van der Waals surface area contributed by atoms with Crippen LogP contribution in [0.3, 0.4) is 0 Å². The molecule has 1 aromatic heterocycles. The predicted octanol–water partition coefficient (Wildman–Crippen LogP) is 5.13. The summed E-state index contributed by atoms with van der Waals surface area (Å²) in [5.41, 5.74) is 2.42. The maximum atomic E-state index is 11.9. The molecule has 3 nitrogen and oxygen atoms in total. The fraction of sp³-hybridized carbons (Fsp3) is 0. The quantitative estimate of drug-likeness (QED) is 0.642. The van der Waals surface area contributed by atoms with Crippen molar-refractivity contribution < 1.29 is 4.79 Å². The number of hydrogen-bond acceptors (Lipinski definition) is 1. The summed E-state index contributed by atoms with van der Waals surface area (Å²) in [5, 5.41) is 4.74. The molecule has 110 valence electrons. The highest BCUT2D eigenvalue weighted by Crippen LogP contribution is 2.30. The molecule has 2 aromatic carbocycles. The zero-order valence-electron chi connectivity index (χ0n) is 11.4. The van der Waals surface area contributed by atoms with E-state index in [4.69, 9.17) is 23.2 Å². The SMILES string of the molecule is O=C(C=Cc1c[nH]c2cc(Cl)cc(Cl)c12)Nc1ccccc1. The third-order valence-corrected chi connectivity index (χ3v) is 3.70. The third kappa shape index (κ3) is 3.16. The van der Waals surface area contributed by atoms with Crippen LogP contribution in [-0.2, 0) is 4.79 Å². The molecule has 2 N–H and O–H groups in total. The lowest BCUT2D eigenvalue weighted by molar-refractivity contribution is -0.111. The monoisotopic (exact) mass is 330 g/mol. The Morgan fingerprint density at radius 2 is 1.91 bits per heavy atom. The normalized spacial score (nSPS) is 11.2. The Morgan fingerprint density at radius 3 is 2.68 bits per heavy atom. The number of para-hydroxylation sites is 1. The van der Waals surface area contributed by atoms with Gasteiger partial charge in [0.05, 0.1) is 5.02 Å². The number of carbonyl (C=O) groups is 1. The number of aromatic nitrogens is 1. The number of benzene rings is 2. The Balaban J connectivity index is 1.82. The van der Waals surface area contributed by atoms with Crippen LogP contribution in [0.25, 0.3) is 17.0 Å². The smallest absolute Gasteiger partial charge is 0.248 e. The van der Waals surface area contributed by atoms with Crippen LogP contribution in [0.5, 0.6) is 0 Å². The van der Waals surface area contributed by atoms with Gasteiger partial charge in [0.15, 0.2) is 0 Å². The molecule has 0 aliphatic carbocycles. The van der Waals surface area contributed by atoms with E-state index in [-0.39, 0.29) is 5.91 Å². The summed E-state index contributed by atoms with van der Waals surface area (Å²) in [4.78, 5) is 15.0. The Labute approximate surface area is 137 Å². The minimum absolute atomic E-state index is 0.203. The molecule has 0 unspecified atom stereocenters. The first-order valence-electron chi connectivity index (χ1n) is 6.64. The van der Waals surface area contributed by atoms with Gasteiger partial charge in [0.25, 0.3) is 0 Å². The maximum absolute atomic E-state index is 11.9. The minimum atomic E-state index is -0.203. The van der Waals surface area contributed by atoms with Crippen molar-refractivity contribution in [2.24, 2.45) is 0 Å². The molecule has 0 radical (unpaired) electrons. The molecule has 0 saturated heterocycles. The molecular formula is C17H12Cl2N2O.